The van der Waals surface area contributed by atoms with E-state index in [1.807, 2.05) is 6.92 Å². The Kier molecular flexibility index (Phi) is 6.62. The van der Waals surface area contributed by atoms with Gasteiger partial charge in [0.1, 0.15) is 23.5 Å². The highest BCUT2D eigenvalue weighted by Gasteiger charge is 2.23. The maximum atomic E-state index is 14.4. The number of hydrogen-bond donors (Lipinski definition) is 2. The van der Waals surface area contributed by atoms with E-state index in [0.29, 0.717) is 34.3 Å². The van der Waals surface area contributed by atoms with E-state index in [-0.39, 0.29) is 17.4 Å². The summed E-state index contributed by atoms with van der Waals surface area (Å²) >= 11 is 0. The number of nitrogens with two attached hydrogens (primary N) is 2. The number of methoxy groups -OCH3 is 1. The first-order valence-corrected chi connectivity index (χ1v) is 10.5. The Labute approximate surface area is 198 Å². The molecule has 12 heteroatoms. The minimum Gasteiger partial charge on any atom is -0.479 e. The van der Waals surface area contributed by atoms with Crippen LogP contribution in [0.3, 0.4) is 0 Å². The summed E-state index contributed by atoms with van der Waals surface area (Å²) in [6.45, 7) is 1.89. The standard InChI is InChI=1S/C23H21F3N8O/c1-3-19(18(33-28)9-29-13-4-5-15(24)16(25)7-13)34-10-14(20-21(27)31-11-32-22(20)34)12-6-17(26)23(35-2)30-8-12/h4-11,19H,3,28H2,1-2H3,(H2,27,31,32). The van der Waals surface area contributed by atoms with Gasteiger partial charge in [0.25, 0.3) is 0 Å². The second kappa shape index (κ2) is 9.79. The average molecular weight is 482 g/mol. The monoisotopic (exact) mass is 482 g/mol. The fraction of sp³-hybridized carbons (Fsp3) is 0.174. The molecule has 0 aliphatic rings. The van der Waals surface area contributed by atoms with Crippen LogP contribution in [0, 0.1) is 17.5 Å². The fourth-order valence-electron chi connectivity index (χ4n) is 3.75. The molecule has 1 atom stereocenters. The third-order valence-electron chi connectivity index (χ3n) is 5.41. The zero-order valence-corrected chi connectivity index (χ0v) is 18.8. The first-order chi connectivity index (χ1) is 16.9. The number of ether oxygens (including phenoxy) is 1. The Bertz CT molecular complexity index is 1450. The second-order valence-corrected chi connectivity index (χ2v) is 7.46. The van der Waals surface area contributed by atoms with Crippen LogP contribution in [0.25, 0.3) is 22.2 Å². The number of aromatic nitrogens is 4. The second-order valence-electron chi connectivity index (χ2n) is 7.46. The third-order valence-corrected chi connectivity index (χ3v) is 5.41. The molecule has 35 heavy (non-hydrogen) atoms. The summed E-state index contributed by atoms with van der Waals surface area (Å²) in [6, 6.07) is 4.07. The van der Waals surface area contributed by atoms with Gasteiger partial charge < -0.3 is 20.9 Å². The summed E-state index contributed by atoms with van der Waals surface area (Å²) in [5, 5.41) is 4.35. The fourth-order valence-corrected chi connectivity index (χ4v) is 3.75. The van der Waals surface area contributed by atoms with Crippen molar-refractivity contribution in [1.82, 2.24) is 19.5 Å². The maximum Gasteiger partial charge on any atom is 0.250 e. The molecule has 3 heterocycles. The quantitative estimate of drug-likeness (QED) is 0.231. The van der Waals surface area contributed by atoms with E-state index in [2.05, 4.69) is 25.0 Å². The molecule has 0 aliphatic heterocycles. The molecule has 4 aromatic rings. The summed E-state index contributed by atoms with van der Waals surface area (Å²) in [5.41, 5.74) is 8.11. The molecule has 1 aromatic carbocycles. The molecule has 1 unspecified atom stereocenters. The van der Waals surface area contributed by atoms with Crippen LogP contribution in [-0.4, -0.2) is 38.6 Å². The average Bonchev–Trinajstić information content (AvgIpc) is 3.24. The smallest absolute Gasteiger partial charge is 0.250 e. The number of nitrogen functional groups attached to an aromatic ring is 1. The maximum absolute atomic E-state index is 14.4. The summed E-state index contributed by atoms with van der Waals surface area (Å²) in [4.78, 5) is 16.6. The lowest BCUT2D eigenvalue weighted by Crippen LogP contribution is -2.21. The van der Waals surface area contributed by atoms with Crippen LogP contribution in [0.5, 0.6) is 5.88 Å². The molecule has 0 saturated carbocycles. The van der Waals surface area contributed by atoms with Gasteiger partial charge in [0.05, 0.1) is 30.4 Å². The number of halogens is 3. The largest absolute Gasteiger partial charge is 0.479 e. The van der Waals surface area contributed by atoms with E-state index in [1.165, 1.54) is 38.0 Å². The number of benzene rings is 1. The molecule has 4 rings (SSSR count). The van der Waals surface area contributed by atoms with E-state index >= 15 is 0 Å². The molecule has 0 fully saturated rings. The number of pyridine rings is 1. The van der Waals surface area contributed by atoms with Crippen molar-refractivity contribution in [1.29, 1.82) is 0 Å². The van der Waals surface area contributed by atoms with E-state index in [9.17, 15) is 13.2 Å². The van der Waals surface area contributed by atoms with Gasteiger partial charge in [-0.25, -0.2) is 28.1 Å². The molecule has 0 radical (unpaired) electrons. The van der Waals surface area contributed by atoms with E-state index in [0.717, 1.165) is 12.1 Å². The van der Waals surface area contributed by atoms with Gasteiger partial charge in [-0.1, -0.05) is 6.92 Å². The lowest BCUT2D eigenvalue weighted by Gasteiger charge is -2.17. The highest BCUT2D eigenvalue weighted by atomic mass is 19.2. The van der Waals surface area contributed by atoms with Crippen molar-refractivity contribution in [2.75, 3.05) is 12.8 Å². The Morgan fingerprint density at radius 3 is 2.60 bits per heavy atom. The van der Waals surface area contributed by atoms with Gasteiger partial charge in [0, 0.05) is 29.6 Å². The summed E-state index contributed by atoms with van der Waals surface area (Å²) in [6.07, 6.45) is 6.36. The van der Waals surface area contributed by atoms with Gasteiger partial charge in [0.15, 0.2) is 17.5 Å². The lowest BCUT2D eigenvalue weighted by molar-refractivity contribution is 0.369. The van der Waals surface area contributed by atoms with E-state index in [1.54, 1.807) is 10.8 Å². The SMILES string of the molecule is CCC(C(C=Nc1ccc(F)c(F)c1)=NN)n1cc(-c2cnc(OC)c(F)c2)c2c(N)ncnc21. The number of fused-ring (bicyclic) bond motifs is 1. The Morgan fingerprint density at radius 2 is 1.94 bits per heavy atom. The van der Waals surface area contributed by atoms with Gasteiger partial charge in [-0.3, -0.25) is 4.99 Å². The molecular weight excluding hydrogens is 461 g/mol. The first kappa shape index (κ1) is 23.7. The Balaban J connectivity index is 1.81. The van der Waals surface area contributed by atoms with Crippen LogP contribution in [0.15, 0.2) is 53.1 Å². The molecule has 0 saturated heterocycles. The van der Waals surface area contributed by atoms with Gasteiger partial charge in [-0.2, -0.15) is 5.10 Å². The lowest BCUT2D eigenvalue weighted by atomic mass is 10.1. The minimum atomic E-state index is -1.02. The molecule has 4 N–H and O–H groups in total. The van der Waals surface area contributed by atoms with Crippen molar-refractivity contribution in [2.24, 2.45) is 15.9 Å². The van der Waals surface area contributed by atoms with Crippen molar-refractivity contribution >= 4 is 34.5 Å². The van der Waals surface area contributed by atoms with Crippen LogP contribution < -0.4 is 16.3 Å². The highest BCUT2D eigenvalue weighted by Crippen LogP contribution is 2.36. The summed E-state index contributed by atoms with van der Waals surface area (Å²) < 4.78 is 47.9. The minimum absolute atomic E-state index is 0.140. The van der Waals surface area contributed by atoms with Gasteiger partial charge in [-0.05, 0) is 24.6 Å². The van der Waals surface area contributed by atoms with Crippen LogP contribution >= 0.6 is 0 Å². The molecule has 3 aromatic heterocycles. The van der Waals surface area contributed by atoms with Crippen molar-refractivity contribution in [3.63, 3.8) is 0 Å². The van der Waals surface area contributed by atoms with Crippen LogP contribution in [0.2, 0.25) is 0 Å². The number of nitrogens with zero attached hydrogens (tertiary/aromatic N) is 6. The number of rotatable bonds is 7. The summed E-state index contributed by atoms with van der Waals surface area (Å²) in [5.74, 6) is 3.08. The number of aliphatic imine (C=N–C) groups is 1. The first-order valence-electron chi connectivity index (χ1n) is 10.5. The molecule has 0 amide bonds. The topological polar surface area (TPSA) is 130 Å². The molecule has 9 nitrogen and oxygen atoms in total. The van der Waals surface area contributed by atoms with Gasteiger partial charge >= 0.3 is 0 Å². The highest BCUT2D eigenvalue weighted by molar-refractivity contribution is 6.32. The van der Waals surface area contributed by atoms with E-state index in [4.69, 9.17) is 16.3 Å². The Morgan fingerprint density at radius 1 is 1.14 bits per heavy atom. The zero-order chi connectivity index (χ0) is 25.1. The van der Waals surface area contributed by atoms with Crippen molar-refractivity contribution in [3.05, 3.63) is 60.4 Å². The Hall–Kier alpha value is -4.48. The van der Waals surface area contributed by atoms with Gasteiger partial charge in [0.2, 0.25) is 5.88 Å². The summed E-state index contributed by atoms with van der Waals surface area (Å²) in [7, 11) is 1.32. The predicted octanol–water partition coefficient (Wildman–Crippen LogP) is 4.17. The van der Waals surface area contributed by atoms with Crippen LogP contribution in [0.4, 0.5) is 24.7 Å². The zero-order valence-electron chi connectivity index (χ0n) is 18.8. The predicted molar refractivity (Wildman–Crippen MR) is 127 cm³/mol. The number of anilines is 1. The van der Waals surface area contributed by atoms with E-state index < -0.39 is 23.5 Å². The molecule has 0 spiro atoms. The van der Waals surface area contributed by atoms with Crippen molar-refractivity contribution < 1.29 is 17.9 Å². The molecule has 180 valence electrons. The third kappa shape index (κ3) is 4.50. The molecule has 0 aliphatic carbocycles. The van der Waals surface area contributed by atoms with Crippen molar-refractivity contribution in [3.8, 4) is 17.0 Å². The van der Waals surface area contributed by atoms with Gasteiger partial charge in [-0.15, -0.1) is 0 Å². The van der Waals surface area contributed by atoms with Crippen LogP contribution in [0.1, 0.15) is 19.4 Å². The normalized spacial score (nSPS) is 13.0. The molecule has 0 bridgehead atoms. The van der Waals surface area contributed by atoms with Crippen molar-refractivity contribution in [2.45, 2.75) is 19.4 Å². The van der Waals surface area contributed by atoms with Crippen LogP contribution in [-0.2, 0) is 0 Å². The molecular formula is C23H21F3N8O. The number of hydrogen-bond acceptors (Lipinski definition) is 8. The number of hydrazone groups is 1.